The fraction of sp³-hybridized carbons (Fsp3) is 0. The van der Waals surface area contributed by atoms with E-state index >= 15 is 0 Å². The van der Waals surface area contributed by atoms with Gasteiger partial charge in [-0.05, 0) is 48.5 Å². The molecule has 0 aliphatic rings. The number of carbonyl (C=O) groups excluding carboxylic acids is 3. The Balaban J connectivity index is 1.87. The van der Waals surface area contributed by atoms with E-state index in [0.717, 1.165) is 12.1 Å². The average molecular weight is 347 g/mol. The third-order valence-corrected chi connectivity index (χ3v) is 3.77. The van der Waals surface area contributed by atoms with E-state index in [4.69, 9.17) is 0 Å². The van der Waals surface area contributed by atoms with E-state index in [-0.39, 0.29) is 22.7 Å². The Labute approximate surface area is 149 Å². The fourth-order valence-corrected chi connectivity index (χ4v) is 2.43. The number of amides is 1. The number of halogens is 1. The van der Waals surface area contributed by atoms with Crippen molar-refractivity contribution in [1.82, 2.24) is 0 Å². The Morgan fingerprint density at radius 1 is 0.654 bits per heavy atom. The minimum absolute atomic E-state index is 0.0751. The van der Waals surface area contributed by atoms with E-state index < -0.39 is 17.4 Å². The van der Waals surface area contributed by atoms with Crippen LogP contribution in [0.5, 0.6) is 0 Å². The highest BCUT2D eigenvalue weighted by Gasteiger charge is 2.22. The summed E-state index contributed by atoms with van der Waals surface area (Å²) in [6, 6.07) is 19.5. The predicted octanol–water partition coefficient (Wildman–Crippen LogP) is 4.14. The maximum absolute atomic E-state index is 13.0. The van der Waals surface area contributed by atoms with Crippen molar-refractivity contribution >= 4 is 23.2 Å². The topological polar surface area (TPSA) is 63.2 Å². The van der Waals surface area contributed by atoms with Crippen LogP contribution >= 0.6 is 0 Å². The summed E-state index contributed by atoms with van der Waals surface area (Å²) in [5, 5.41) is 2.65. The van der Waals surface area contributed by atoms with Gasteiger partial charge >= 0.3 is 0 Å². The number of hydrogen-bond donors (Lipinski definition) is 1. The number of anilines is 1. The van der Waals surface area contributed by atoms with E-state index in [1.807, 2.05) is 0 Å². The van der Waals surface area contributed by atoms with Gasteiger partial charge in [-0.1, -0.05) is 30.3 Å². The van der Waals surface area contributed by atoms with E-state index in [2.05, 4.69) is 5.32 Å². The van der Waals surface area contributed by atoms with Crippen molar-refractivity contribution in [1.29, 1.82) is 0 Å². The molecule has 0 heterocycles. The largest absolute Gasteiger partial charge is 0.321 e. The third-order valence-electron chi connectivity index (χ3n) is 3.77. The van der Waals surface area contributed by atoms with Crippen LogP contribution in [-0.4, -0.2) is 17.5 Å². The molecular formula is C21H14FNO3. The summed E-state index contributed by atoms with van der Waals surface area (Å²) in [6.07, 6.45) is 0. The molecule has 0 aromatic heterocycles. The number of nitrogens with one attached hydrogen (secondary N) is 1. The molecule has 0 bridgehead atoms. The lowest BCUT2D eigenvalue weighted by molar-refractivity contribution is 0.0817. The summed E-state index contributed by atoms with van der Waals surface area (Å²) in [6.45, 7) is 0. The quantitative estimate of drug-likeness (QED) is 0.557. The number of benzene rings is 3. The minimum Gasteiger partial charge on any atom is -0.321 e. The maximum Gasteiger partial charge on any atom is 0.255 e. The van der Waals surface area contributed by atoms with Gasteiger partial charge in [-0.15, -0.1) is 0 Å². The Kier molecular flexibility index (Phi) is 4.99. The molecule has 0 radical (unpaired) electrons. The van der Waals surface area contributed by atoms with Gasteiger partial charge in [0.25, 0.3) is 5.91 Å². The molecule has 1 amide bonds. The smallest absolute Gasteiger partial charge is 0.255 e. The van der Waals surface area contributed by atoms with Gasteiger partial charge in [-0.2, -0.15) is 0 Å². The summed E-state index contributed by atoms with van der Waals surface area (Å²) in [7, 11) is 0. The molecule has 3 aromatic carbocycles. The Morgan fingerprint density at radius 3 is 1.96 bits per heavy atom. The zero-order valence-electron chi connectivity index (χ0n) is 13.6. The molecule has 0 fully saturated rings. The van der Waals surface area contributed by atoms with E-state index in [1.165, 1.54) is 18.2 Å². The van der Waals surface area contributed by atoms with Crippen molar-refractivity contribution in [2.45, 2.75) is 0 Å². The van der Waals surface area contributed by atoms with E-state index in [9.17, 15) is 18.8 Å². The summed E-state index contributed by atoms with van der Waals surface area (Å²) < 4.78 is 13.0. The van der Waals surface area contributed by atoms with Gasteiger partial charge in [0.05, 0.1) is 5.69 Å². The van der Waals surface area contributed by atoms with Gasteiger partial charge in [-0.25, -0.2) is 4.39 Å². The minimum atomic E-state index is -0.777. The van der Waals surface area contributed by atoms with Crippen LogP contribution in [-0.2, 0) is 0 Å². The molecular weight excluding hydrogens is 333 g/mol. The first-order chi connectivity index (χ1) is 12.6. The van der Waals surface area contributed by atoms with E-state index in [0.29, 0.717) is 5.56 Å². The summed E-state index contributed by atoms with van der Waals surface area (Å²) >= 11 is 0. The monoisotopic (exact) mass is 347 g/mol. The second-order valence-corrected chi connectivity index (χ2v) is 5.53. The molecule has 0 saturated heterocycles. The van der Waals surface area contributed by atoms with Crippen molar-refractivity contribution in [3.05, 3.63) is 101 Å². The summed E-state index contributed by atoms with van der Waals surface area (Å²) in [4.78, 5) is 37.3. The number of Topliss-reactive ketones (excluding diaryl/α,β-unsaturated/α-hetero) is 2. The highest BCUT2D eigenvalue weighted by Crippen LogP contribution is 2.19. The highest BCUT2D eigenvalue weighted by molar-refractivity contribution is 6.50. The molecule has 0 spiro atoms. The molecule has 0 saturated carbocycles. The Bertz CT molecular complexity index is 966. The van der Waals surface area contributed by atoms with Crippen molar-refractivity contribution < 1.29 is 18.8 Å². The van der Waals surface area contributed by atoms with Crippen molar-refractivity contribution in [2.24, 2.45) is 0 Å². The molecule has 1 N–H and O–H groups in total. The fourth-order valence-electron chi connectivity index (χ4n) is 2.43. The number of para-hydroxylation sites is 1. The van der Waals surface area contributed by atoms with Crippen molar-refractivity contribution in [2.75, 3.05) is 5.32 Å². The SMILES string of the molecule is O=C(Nc1ccccc1C(=O)C(=O)c1ccc(F)cc1)c1ccccc1. The Morgan fingerprint density at radius 2 is 1.27 bits per heavy atom. The van der Waals surface area contributed by atoms with Gasteiger partial charge in [0.1, 0.15) is 5.82 Å². The zero-order valence-corrected chi connectivity index (χ0v) is 13.6. The van der Waals surface area contributed by atoms with Crippen LogP contribution in [0.1, 0.15) is 31.1 Å². The lowest BCUT2D eigenvalue weighted by Gasteiger charge is -2.10. The van der Waals surface area contributed by atoms with Gasteiger partial charge in [0.15, 0.2) is 0 Å². The first-order valence-corrected chi connectivity index (χ1v) is 7.86. The normalized spacial score (nSPS) is 10.2. The molecule has 0 aliphatic carbocycles. The molecule has 0 aliphatic heterocycles. The molecule has 3 aromatic rings. The van der Waals surface area contributed by atoms with Gasteiger partial charge in [0.2, 0.25) is 11.6 Å². The van der Waals surface area contributed by atoms with Crippen LogP contribution in [0.3, 0.4) is 0 Å². The molecule has 128 valence electrons. The van der Waals surface area contributed by atoms with E-state index in [1.54, 1.807) is 48.5 Å². The van der Waals surface area contributed by atoms with Gasteiger partial charge in [-0.3, -0.25) is 14.4 Å². The number of carbonyl (C=O) groups is 3. The molecule has 3 rings (SSSR count). The average Bonchev–Trinajstić information content (AvgIpc) is 2.68. The zero-order chi connectivity index (χ0) is 18.5. The Hall–Kier alpha value is -3.60. The number of hydrogen-bond acceptors (Lipinski definition) is 3. The predicted molar refractivity (Wildman–Crippen MR) is 95.9 cm³/mol. The molecule has 5 heteroatoms. The lowest BCUT2D eigenvalue weighted by atomic mass is 10.00. The van der Waals surface area contributed by atoms with Gasteiger partial charge in [0, 0.05) is 16.7 Å². The van der Waals surface area contributed by atoms with Crippen molar-refractivity contribution in [3.8, 4) is 0 Å². The summed E-state index contributed by atoms with van der Waals surface area (Å²) in [5.41, 5.74) is 0.827. The van der Waals surface area contributed by atoms with Crippen LogP contribution < -0.4 is 5.32 Å². The van der Waals surface area contributed by atoms with Crippen LogP contribution in [0.4, 0.5) is 10.1 Å². The number of rotatable bonds is 5. The molecule has 26 heavy (non-hydrogen) atoms. The lowest BCUT2D eigenvalue weighted by Crippen LogP contribution is -2.19. The highest BCUT2D eigenvalue weighted by atomic mass is 19.1. The van der Waals surface area contributed by atoms with Crippen LogP contribution in [0.25, 0.3) is 0 Å². The second-order valence-electron chi connectivity index (χ2n) is 5.53. The van der Waals surface area contributed by atoms with Gasteiger partial charge < -0.3 is 5.32 Å². The molecule has 0 unspecified atom stereocenters. The van der Waals surface area contributed by atoms with Crippen LogP contribution in [0.2, 0.25) is 0 Å². The van der Waals surface area contributed by atoms with Crippen LogP contribution in [0.15, 0.2) is 78.9 Å². The van der Waals surface area contributed by atoms with Crippen molar-refractivity contribution in [3.63, 3.8) is 0 Å². The first-order valence-electron chi connectivity index (χ1n) is 7.86. The first kappa shape index (κ1) is 17.2. The summed E-state index contributed by atoms with van der Waals surface area (Å²) in [5.74, 6) is -2.43. The second kappa shape index (κ2) is 7.53. The molecule has 4 nitrogen and oxygen atoms in total. The molecule has 0 atom stereocenters. The standard InChI is InChI=1S/C21H14FNO3/c22-16-12-10-14(11-13-16)19(24)20(25)17-8-4-5-9-18(17)23-21(26)15-6-2-1-3-7-15/h1-13H,(H,23,26). The van der Waals surface area contributed by atoms with Crippen LogP contribution in [0, 0.1) is 5.82 Å². The third kappa shape index (κ3) is 3.72. The number of ketones is 2. The maximum atomic E-state index is 13.0.